The standard InChI is InChI=1S/C21H15F4NO.C16H14F3NO/c1-13-2-4-14(5-3-13)15-6-9-19(26-11-15)21(24,25)20(12-27-20)17-8-7-16(22)10-18(17)23;1-10-3-5-12(13(17)7-10)15(9-21-15)16(18,19)14-6-4-11(2)8-20-14/h2-11H,12H2,1H3;3-8H,9H2,1-2H3/t20-;15-/m01/s1. The second-order valence-corrected chi connectivity index (χ2v) is 12.0. The van der Waals surface area contributed by atoms with E-state index in [-0.39, 0.29) is 24.3 Å². The maximum atomic E-state index is 15.1. The zero-order chi connectivity index (χ0) is 34.5. The Morgan fingerprint density at radius 1 is 0.542 bits per heavy atom. The molecule has 0 spiro atoms. The molecule has 11 heteroatoms. The topological polar surface area (TPSA) is 50.8 Å². The number of hydrogen-bond acceptors (Lipinski definition) is 4. The van der Waals surface area contributed by atoms with Gasteiger partial charge in [-0.25, -0.2) is 13.2 Å². The average Bonchev–Trinajstić information content (AvgIpc) is 3.98. The molecule has 0 bridgehead atoms. The highest BCUT2D eigenvalue weighted by atomic mass is 19.3. The number of pyridine rings is 2. The maximum absolute atomic E-state index is 15.1. The van der Waals surface area contributed by atoms with Crippen LogP contribution >= 0.6 is 0 Å². The molecule has 2 aliphatic rings. The highest BCUT2D eigenvalue weighted by Crippen LogP contribution is 2.57. The number of benzene rings is 3. The minimum absolute atomic E-state index is 0.125. The van der Waals surface area contributed by atoms with Crippen molar-refractivity contribution in [3.63, 3.8) is 0 Å². The smallest absolute Gasteiger partial charge is 0.324 e. The van der Waals surface area contributed by atoms with Crippen LogP contribution in [0.4, 0.5) is 30.7 Å². The van der Waals surface area contributed by atoms with Crippen LogP contribution in [-0.2, 0) is 32.5 Å². The molecular formula is C37H29F7N2O2. The number of rotatable bonds is 7. The van der Waals surface area contributed by atoms with Crippen LogP contribution in [-0.4, -0.2) is 23.2 Å². The normalized spacial score (nSPS) is 20.1. The van der Waals surface area contributed by atoms with Crippen molar-refractivity contribution in [2.45, 2.75) is 43.8 Å². The number of epoxide rings is 2. The second-order valence-electron chi connectivity index (χ2n) is 12.0. The van der Waals surface area contributed by atoms with Gasteiger partial charge in [0.05, 0.1) is 13.2 Å². The van der Waals surface area contributed by atoms with Crippen LogP contribution in [0.1, 0.15) is 39.2 Å². The van der Waals surface area contributed by atoms with Gasteiger partial charge < -0.3 is 9.47 Å². The summed E-state index contributed by atoms with van der Waals surface area (Å²) in [6.45, 7) is 4.82. The number of ether oxygens (including phenoxy) is 2. The van der Waals surface area contributed by atoms with Crippen molar-refractivity contribution >= 4 is 0 Å². The molecule has 5 aromatic rings. The van der Waals surface area contributed by atoms with E-state index in [1.165, 1.54) is 42.7 Å². The van der Waals surface area contributed by atoms with Gasteiger partial charge in [-0.2, -0.15) is 17.6 Å². The van der Waals surface area contributed by atoms with E-state index in [0.717, 1.165) is 28.8 Å². The second kappa shape index (κ2) is 12.1. The van der Waals surface area contributed by atoms with Crippen molar-refractivity contribution < 1.29 is 40.2 Å². The summed E-state index contributed by atoms with van der Waals surface area (Å²) in [7, 11) is 0. The molecule has 2 aliphatic heterocycles. The van der Waals surface area contributed by atoms with Crippen LogP contribution in [0.2, 0.25) is 0 Å². The largest absolute Gasteiger partial charge is 0.357 e. The fourth-order valence-corrected chi connectivity index (χ4v) is 5.48. The molecule has 2 atom stereocenters. The highest BCUT2D eigenvalue weighted by Gasteiger charge is 2.69. The van der Waals surface area contributed by atoms with Crippen molar-refractivity contribution in [1.29, 1.82) is 0 Å². The van der Waals surface area contributed by atoms with Crippen LogP contribution < -0.4 is 0 Å². The van der Waals surface area contributed by atoms with Crippen LogP contribution in [0, 0.1) is 38.2 Å². The van der Waals surface area contributed by atoms with E-state index in [0.29, 0.717) is 17.2 Å². The highest BCUT2D eigenvalue weighted by molar-refractivity contribution is 5.62. The van der Waals surface area contributed by atoms with Gasteiger partial charge in [0.1, 0.15) is 28.8 Å². The maximum Gasteiger partial charge on any atom is 0.324 e. The van der Waals surface area contributed by atoms with Gasteiger partial charge in [-0.15, -0.1) is 0 Å². The van der Waals surface area contributed by atoms with Gasteiger partial charge in [-0.05, 0) is 67.8 Å². The summed E-state index contributed by atoms with van der Waals surface area (Å²) >= 11 is 0. The lowest BCUT2D eigenvalue weighted by Gasteiger charge is -2.24. The molecular weight excluding hydrogens is 637 g/mol. The van der Waals surface area contributed by atoms with Crippen molar-refractivity contribution in [3.05, 3.63) is 154 Å². The van der Waals surface area contributed by atoms with Crippen LogP contribution in [0.3, 0.4) is 0 Å². The lowest BCUT2D eigenvalue weighted by Crippen LogP contribution is -2.34. The Morgan fingerprint density at radius 2 is 1.00 bits per heavy atom. The number of hydrogen-bond donors (Lipinski definition) is 0. The Kier molecular flexibility index (Phi) is 8.41. The number of aromatic nitrogens is 2. The zero-order valence-corrected chi connectivity index (χ0v) is 26.0. The first-order chi connectivity index (χ1) is 22.7. The molecule has 3 aromatic carbocycles. The molecule has 2 fully saturated rings. The number of nitrogens with zero attached hydrogens (tertiary/aromatic N) is 2. The fourth-order valence-electron chi connectivity index (χ4n) is 5.48. The fraction of sp³-hybridized carbons (Fsp3) is 0.243. The Labute approximate surface area is 272 Å². The minimum atomic E-state index is -3.57. The van der Waals surface area contributed by atoms with Crippen molar-refractivity contribution in [2.24, 2.45) is 0 Å². The summed E-state index contributed by atoms with van der Waals surface area (Å²) in [6, 6.07) is 19.8. The van der Waals surface area contributed by atoms with E-state index in [9.17, 15) is 22.0 Å². The molecule has 0 radical (unpaired) electrons. The SMILES string of the molecule is Cc1ccc(-c2ccc(C(F)(F)[C@@]3(c4ccc(F)cc4F)CO3)nc2)cc1.Cc1ccc(C(F)(F)[C@]2(c3ccc(C)cc3F)CO2)nc1. The minimum Gasteiger partial charge on any atom is -0.357 e. The van der Waals surface area contributed by atoms with Gasteiger partial charge in [0.25, 0.3) is 0 Å². The lowest BCUT2D eigenvalue weighted by molar-refractivity contribution is -0.0903. The first kappa shape index (κ1) is 33.3. The number of aryl methyl sites for hydroxylation is 3. The quantitative estimate of drug-likeness (QED) is 0.128. The van der Waals surface area contributed by atoms with E-state index in [2.05, 4.69) is 9.97 Å². The monoisotopic (exact) mass is 666 g/mol. The predicted octanol–water partition coefficient (Wildman–Crippen LogP) is 9.21. The molecule has 0 N–H and O–H groups in total. The number of alkyl halides is 4. The van der Waals surface area contributed by atoms with E-state index in [1.54, 1.807) is 26.0 Å². The molecule has 0 saturated carbocycles. The number of halogens is 7. The molecule has 4 nitrogen and oxygen atoms in total. The first-order valence-electron chi connectivity index (χ1n) is 14.9. The molecule has 7 rings (SSSR count). The Balaban J connectivity index is 0.000000173. The molecule has 2 aromatic heterocycles. The predicted molar refractivity (Wildman–Crippen MR) is 164 cm³/mol. The zero-order valence-electron chi connectivity index (χ0n) is 26.0. The molecule has 0 unspecified atom stereocenters. The van der Waals surface area contributed by atoms with Crippen LogP contribution in [0.25, 0.3) is 11.1 Å². The molecule has 2 saturated heterocycles. The first-order valence-corrected chi connectivity index (χ1v) is 14.9. The lowest BCUT2D eigenvalue weighted by atomic mass is 9.89. The summed E-state index contributed by atoms with van der Waals surface area (Å²) in [5.74, 6) is -9.55. The summed E-state index contributed by atoms with van der Waals surface area (Å²) in [5, 5.41) is 0. The van der Waals surface area contributed by atoms with Crippen LogP contribution in [0.5, 0.6) is 0 Å². The third-order valence-corrected chi connectivity index (χ3v) is 8.51. The third kappa shape index (κ3) is 5.85. The van der Waals surface area contributed by atoms with E-state index in [1.807, 2.05) is 31.2 Å². The Bertz CT molecular complexity index is 1940. The third-order valence-electron chi connectivity index (χ3n) is 8.51. The van der Waals surface area contributed by atoms with Crippen molar-refractivity contribution in [2.75, 3.05) is 13.2 Å². The molecule has 0 amide bonds. The molecule has 48 heavy (non-hydrogen) atoms. The summed E-state index contributed by atoms with van der Waals surface area (Å²) in [6.07, 6.45) is 2.72. The van der Waals surface area contributed by atoms with E-state index < -0.39 is 51.9 Å². The van der Waals surface area contributed by atoms with Gasteiger partial charge in [0.2, 0.25) is 0 Å². The van der Waals surface area contributed by atoms with Gasteiger partial charge in [0.15, 0.2) is 11.2 Å². The van der Waals surface area contributed by atoms with Gasteiger partial charge in [-0.3, -0.25) is 9.97 Å². The molecule has 248 valence electrons. The molecule has 0 aliphatic carbocycles. The summed E-state index contributed by atoms with van der Waals surface area (Å²) in [5.41, 5.74) is -1.48. The van der Waals surface area contributed by atoms with E-state index >= 15 is 8.78 Å². The van der Waals surface area contributed by atoms with Crippen molar-refractivity contribution in [1.82, 2.24) is 9.97 Å². The van der Waals surface area contributed by atoms with Crippen molar-refractivity contribution in [3.8, 4) is 11.1 Å². The average molecular weight is 667 g/mol. The molecule has 4 heterocycles. The van der Waals surface area contributed by atoms with Gasteiger partial charge >= 0.3 is 11.8 Å². The Hall–Kier alpha value is -4.61. The van der Waals surface area contributed by atoms with Crippen LogP contribution in [0.15, 0.2) is 97.3 Å². The summed E-state index contributed by atoms with van der Waals surface area (Å²) < 4.78 is 111. The Morgan fingerprint density at radius 3 is 1.46 bits per heavy atom. The van der Waals surface area contributed by atoms with Gasteiger partial charge in [0, 0.05) is 35.2 Å². The van der Waals surface area contributed by atoms with Gasteiger partial charge in [-0.1, -0.05) is 54.1 Å². The van der Waals surface area contributed by atoms with E-state index in [4.69, 9.17) is 9.47 Å². The summed E-state index contributed by atoms with van der Waals surface area (Å²) in [4.78, 5) is 7.68.